The van der Waals surface area contributed by atoms with E-state index in [4.69, 9.17) is 0 Å². The first-order chi connectivity index (χ1) is 9.48. The van der Waals surface area contributed by atoms with Gasteiger partial charge >= 0.3 is 6.18 Å². The van der Waals surface area contributed by atoms with Crippen molar-refractivity contribution in [2.75, 3.05) is 0 Å². The molecule has 0 bridgehead atoms. The molecule has 4 nitrogen and oxygen atoms in total. The molecular weight excluding hydrogens is 291 g/mol. The second-order valence-corrected chi connectivity index (χ2v) is 7.26. The molecule has 2 aliphatic rings. The summed E-state index contributed by atoms with van der Waals surface area (Å²) in [6.45, 7) is 0. The van der Waals surface area contributed by atoms with Gasteiger partial charge in [0.25, 0.3) is 0 Å². The van der Waals surface area contributed by atoms with E-state index in [0.717, 1.165) is 32.1 Å². The minimum absolute atomic E-state index is 0.0734. The third kappa shape index (κ3) is 2.35. The summed E-state index contributed by atoms with van der Waals surface area (Å²) in [6, 6.07) is 0. The van der Waals surface area contributed by atoms with Crippen LogP contribution in [-0.2, 0) is 0 Å². The van der Waals surface area contributed by atoms with Gasteiger partial charge in [-0.15, -0.1) is 0 Å². The first-order valence-electron chi connectivity index (χ1n) is 6.64. The van der Waals surface area contributed by atoms with E-state index < -0.39 is 27.7 Å². The number of aromatic nitrogens is 2. The van der Waals surface area contributed by atoms with Crippen LogP contribution in [0.4, 0.5) is 19.0 Å². The average molecular weight is 307 g/mol. The quantitative estimate of drug-likeness (QED) is 0.825. The van der Waals surface area contributed by atoms with Crippen LogP contribution in [0.2, 0.25) is 0 Å². The Morgan fingerprint density at radius 2 is 2.00 bits per heavy atom. The lowest BCUT2D eigenvalue weighted by Crippen LogP contribution is -2.32. The van der Waals surface area contributed by atoms with Gasteiger partial charge in [-0.1, -0.05) is 30.3 Å². The van der Waals surface area contributed by atoms with Crippen LogP contribution < -0.4 is 0 Å². The first-order valence-corrected chi connectivity index (χ1v) is 8.00. The van der Waals surface area contributed by atoms with E-state index >= 15 is 0 Å². The largest absolute Gasteiger partial charge is 0.439 e. The molecule has 1 aliphatic carbocycles. The van der Waals surface area contributed by atoms with Gasteiger partial charge in [-0.3, -0.25) is 3.97 Å². The summed E-state index contributed by atoms with van der Waals surface area (Å²) >= 11 is -1.92. The molecule has 8 heteroatoms. The average Bonchev–Trinajstić information content (AvgIpc) is 2.98. The SMILES string of the molecule is OC(C1CCCCC1)[SH]1C(C(F)(F)F)=Nc2cncn21. The smallest absolute Gasteiger partial charge is 0.382 e. The zero-order valence-corrected chi connectivity index (χ0v) is 11.6. The number of halogens is 3. The lowest BCUT2D eigenvalue weighted by atomic mass is 9.90. The Labute approximate surface area is 117 Å². The monoisotopic (exact) mass is 307 g/mol. The molecule has 2 heterocycles. The first kappa shape index (κ1) is 13.9. The highest BCUT2D eigenvalue weighted by Crippen LogP contribution is 2.52. The molecule has 1 aromatic heterocycles. The van der Waals surface area contributed by atoms with E-state index in [1.807, 2.05) is 0 Å². The minimum Gasteiger partial charge on any atom is -0.382 e. The highest BCUT2D eigenvalue weighted by atomic mass is 32.2. The Bertz CT molecular complexity index is 522. The summed E-state index contributed by atoms with van der Waals surface area (Å²) in [5.74, 6) is 0.119. The van der Waals surface area contributed by atoms with Gasteiger partial charge in [0.15, 0.2) is 10.9 Å². The third-order valence-corrected chi connectivity index (χ3v) is 6.33. The Morgan fingerprint density at radius 1 is 1.30 bits per heavy atom. The molecule has 1 fully saturated rings. The van der Waals surface area contributed by atoms with Gasteiger partial charge in [-0.25, -0.2) is 9.98 Å². The Hall–Kier alpha value is -1.02. The van der Waals surface area contributed by atoms with Crippen molar-refractivity contribution < 1.29 is 18.3 Å². The Balaban J connectivity index is 1.91. The van der Waals surface area contributed by atoms with Crippen molar-refractivity contribution in [1.29, 1.82) is 0 Å². The zero-order chi connectivity index (χ0) is 14.3. The number of imidazole rings is 1. The van der Waals surface area contributed by atoms with E-state index in [-0.39, 0.29) is 11.7 Å². The second-order valence-electron chi connectivity index (χ2n) is 5.19. The van der Waals surface area contributed by atoms with Crippen LogP contribution in [0.1, 0.15) is 32.1 Å². The standard InChI is InChI=1S/C12H16F3N3OS/c13-12(14,15)11-17-9-6-16-7-18(9)20(11)10(19)8-4-2-1-3-5-8/h6-8,10,19-20H,1-5H2. The molecule has 1 saturated carbocycles. The van der Waals surface area contributed by atoms with Gasteiger partial charge in [0.1, 0.15) is 11.8 Å². The number of aliphatic hydroxyl groups excluding tert-OH is 1. The van der Waals surface area contributed by atoms with Crippen LogP contribution >= 0.6 is 11.1 Å². The highest BCUT2D eigenvalue weighted by molar-refractivity contribution is 8.29. The number of hydrogen-bond acceptors (Lipinski definition) is 3. The van der Waals surface area contributed by atoms with Crippen molar-refractivity contribution in [2.24, 2.45) is 10.9 Å². The van der Waals surface area contributed by atoms with Crippen molar-refractivity contribution in [3.63, 3.8) is 0 Å². The number of aliphatic hydroxyl groups is 1. The Kier molecular flexibility index (Phi) is 3.53. The molecule has 0 amide bonds. The number of fused-ring (bicyclic) bond motifs is 1. The molecule has 2 atom stereocenters. The molecule has 0 saturated heterocycles. The molecule has 1 N–H and O–H groups in total. The molecule has 2 unspecified atom stereocenters. The van der Waals surface area contributed by atoms with Crippen molar-refractivity contribution >= 4 is 21.9 Å². The van der Waals surface area contributed by atoms with E-state index in [0.29, 0.717) is 0 Å². The van der Waals surface area contributed by atoms with E-state index in [1.165, 1.54) is 16.5 Å². The highest BCUT2D eigenvalue weighted by Gasteiger charge is 2.47. The molecular formula is C12H16F3N3OS. The fraction of sp³-hybridized carbons (Fsp3) is 0.667. The molecule has 1 aliphatic heterocycles. The number of rotatable bonds is 2. The molecule has 20 heavy (non-hydrogen) atoms. The lowest BCUT2D eigenvalue weighted by molar-refractivity contribution is -0.0556. The van der Waals surface area contributed by atoms with Gasteiger partial charge in [0, 0.05) is 0 Å². The van der Waals surface area contributed by atoms with Crippen molar-refractivity contribution in [3.8, 4) is 0 Å². The zero-order valence-electron chi connectivity index (χ0n) is 10.7. The van der Waals surface area contributed by atoms with E-state index in [1.54, 1.807) is 0 Å². The molecule has 1 aromatic rings. The van der Waals surface area contributed by atoms with Gasteiger partial charge < -0.3 is 5.11 Å². The topological polar surface area (TPSA) is 50.4 Å². The molecule has 0 radical (unpaired) electrons. The van der Waals surface area contributed by atoms with E-state index in [2.05, 4.69) is 9.98 Å². The van der Waals surface area contributed by atoms with Crippen LogP contribution in [0.25, 0.3) is 0 Å². The lowest BCUT2D eigenvalue weighted by Gasteiger charge is -2.34. The van der Waals surface area contributed by atoms with Gasteiger partial charge in [-0.2, -0.15) is 13.2 Å². The maximum Gasteiger partial charge on any atom is 0.439 e. The van der Waals surface area contributed by atoms with Crippen LogP contribution in [0.5, 0.6) is 0 Å². The summed E-state index contributed by atoms with van der Waals surface area (Å²) < 4.78 is 40.8. The van der Waals surface area contributed by atoms with Crippen LogP contribution in [0, 0.1) is 5.92 Å². The normalized spacial score (nSPS) is 27.2. The fourth-order valence-corrected chi connectivity index (χ4v) is 5.23. The maximum absolute atomic E-state index is 13.1. The molecule has 0 aromatic carbocycles. The summed E-state index contributed by atoms with van der Waals surface area (Å²) in [5.41, 5.74) is -0.999. The summed E-state index contributed by atoms with van der Waals surface area (Å²) in [7, 11) is 0. The summed E-state index contributed by atoms with van der Waals surface area (Å²) in [5, 5.41) is 9.63. The number of aliphatic imine (C=N–C) groups is 1. The maximum atomic E-state index is 13.1. The molecule has 112 valence electrons. The van der Waals surface area contributed by atoms with Gasteiger partial charge in [-0.05, 0) is 18.8 Å². The van der Waals surface area contributed by atoms with Crippen LogP contribution in [-0.4, -0.2) is 30.7 Å². The minimum atomic E-state index is -4.50. The Morgan fingerprint density at radius 3 is 2.65 bits per heavy atom. The number of hydrogen-bond donors (Lipinski definition) is 2. The fourth-order valence-electron chi connectivity index (χ4n) is 2.87. The number of alkyl halides is 3. The second kappa shape index (κ2) is 5.07. The number of nitrogens with zero attached hydrogens (tertiary/aromatic N) is 3. The number of thiol groups is 1. The van der Waals surface area contributed by atoms with Crippen molar-refractivity contribution in [1.82, 2.24) is 8.96 Å². The van der Waals surface area contributed by atoms with Crippen molar-refractivity contribution in [2.45, 2.75) is 43.7 Å². The van der Waals surface area contributed by atoms with Gasteiger partial charge in [0.2, 0.25) is 0 Å². The van der Waals surface area contributed by atoms with Crippen LogP contribution in [0.15, 0.2) is 17.5 Å². The predicted octanol–water partition coefficient (Wildman–Crippen LogP) is 3.15. The van der Waals surface area contributed by atoms with Crippen molar-refractivity contribution in [3.05, 3.63) is 12.5 Å². The van der Waals surface area contributed by atoms with Gasteiger partial charge in [0.05, 0.1) is 6.20 Å². The molecule has 0 spiro atoms. The summed E-state index contributed by atoms with van der Waals surface area (Å²) in [4.78, 5) is 7.47. The predicted molar refractivity (Wildman–Crippen MR) is 72.3 cm³/mol. The third-order valence-electron chi connectivity index (χ3n) is 3.85. The summed E-state index contributed by atoms with van der Waals surface area (Å²) in [6.07, 6.45) is 2.76. The molecule has 3 rings (SSSR count). The van der Waals surface area contributed by atoms with Crippen LogP contribution in [0.3, 0.4) is 0 Å². The van der Waals surface area contributed by atoms with E-state index in [9.17, 15) is 18.3 Å².